The Kier molecular flexibility index (Phi) is 3.05. The van der Waals surface area contributed by atoms with Gasteiger partial charge in [-0.15, -0.1) is 11.3 Å². The normalized spacial score (nSPS) is 10.8. The number of hydrogen-bond donors (Lipinski definition) is 2. The van der Waals surface area contributed by atoms with Crippen molar-refractivity contribution in [2.45, 2.75) is 13.3 Å². The summed E-state index contributed by atoms with van der Waals surface area (Å²) in [6, 6.07) is 9.11. The minimum atomic E-state index is 0.231. The molecular formula is C14H13N3OS. The van der Waals surface area contributed by atoms with E-state index in [1.54, 1.807) is 35.9 Å². The van der Waals surface area contributed by atoms with Gasteiger partial charge < -0.3 is 10.4 Å². The third-order valence-corrected chi connectivity index (χ3v) is 4.03. The first-order chi connectivity index (χ1) is 9.26. The topological polar surface area (TPSA) is 58.0 Å². The number of aromatic nitrogens is 2. The molecule has 2 heterocycles. The molecule has 2 aromatic heterocycles. The summed E-state index contributed by atoms with van der Waals surface area (Å²) in [7, 11) is 0. The Morgan fingerprint density at radius 1 is 1.26 bits per heavy atom. The number of rotatable bonds is 3. The van der Waals surface area contributed by atoms with E-state index in [-0.39, 0.29) is 5.75 Å². The van der Waals surface area contributed by atoms with Gasteiger partial charge in [-0.05, 0) is 24.6 Å². The molecule has 2 N–H and O–H groups in total. The average Bonchev–Trinajstić information content (AvgIpc) is 2.83. The average molecular weight is 271 g/mol. The highest BCUT2D eigenvalue weighted by Gasteiger charge is 2.08. The van der Waals surface area contributed by atoms with Crippen LogP contribution >= 0.6 is 11.3 Å². The summed E-state index contributed by atoms with van der Waals surface area (Å²) in [6.07, 6.45) is 2.55. The Balaban J connectivity index is 2.02. The van der Waals surface area contributed by atoms with Gasteiger partial charge in [0.05, 0.1) is 5.39 Å². The summed E-state index contributed by atoms with van der Waals surface area (Å²) in [6.45, 7) is 2.13. The van der Waals surface area contributed by atoms with Crippen molar-refractivity contribution in [2.24, 2.45) is 0 Å². The highest BCUT2D eigenvalue weighted by atomic mass is 32.1. The fraction of sp³-hybridized carbons (Fsp3) is 0.143. The van der Waals surface area contributed by atoms with Gasteiger partial charge in [0.15, 0.2) is 0 Å². The van der Waals surface area contributed by atoms with Crippen LogP contribution in [0.25, 0.3) is 10.2 Å². The van der Waals surface area contributed by atoms with Crippen molar-refractivity contribution in [1.29, 1.82) is 0 Å². The second-order valence-electron chi connectivity index (χ2n) is 4.18. The van der Waals surface area contributed by atoms with Gasteiger partial charge >= 0.3 is 0 Å². The van der Waals surface area contributed by atoms with Gasteiger partial charge in [0.1, 0.15) is 22.7 Å². The maximum atomic E-state index is 9.48. The van der Waals surface area contributed by atoms with Crippen LogP contribution in [0.4, 0.5) is 11.5 Å². The lowest BCUT2D eigenvalue weighted by atomic mass is 10.2. The van der Waals surface area contributed by atoms with Crippen LogP contribution in [0.1, 0.15) is 11.8 Å². The largest absolute Gasteiger partial charge is 0.508 e. The molecule has 0 spiro atoms. The quantitative estimate of drug-likeness (QED) is 0.762. The van der Waals surface area contributed by atoms with Gasteiger partial charge in [0.25, 0.3) is 0 Å². The lowest BCUT2D eigenvalue weighted by molar-refractivity contribution is 0.475. The number of fused-ring (bicyclic) bond motifs is 1. The summed E-state index contributed by atoms with van der Waals surface area (Å²) in [5.74, 6) is 1.00. The van der Waals surface area contributed by atoms with Crippen molar-refractivity contribution >= 4 is 33.1 Å². The smallest absolute Gasteiger partial charge is 0.142 e. The van der Waals surface area contributed by atoms with Crippen LogP contribution < -0.4 is 5.32 Å². The number of thiophene rings is 1. The lowest BCUT2D eigenvalue weighted by Gasteiger charge is -2.06. The molecule has 3 aromatic rings. The van der Waals surface area contributed by atoms with E-state index in [0.717, 1.165) is 28.1 Å². The Morgan fingerprint density at radius 2 is 2.16 bits per heavy atom. The van der Waals surface area contributed by atoms with E-state index < -0.39 is 0 Å². The van der Waals surface area contributed by atoms with E-state index in [1.807, 2.05) is 6.07 Å². The third kappa shape index (κ3) is 2.37. The number of benzene rings is 1. The fourth-order valence-corrected chi connectivity index (χ4v) is 2.83. The molecule has 4 nitrogen and oxygen atoms in total. The van der Waals surface area contributed by atoms with Gasteiger partial charge in [-0.2, -0.15) is 0 Å². The fourth-order valence-electron chi connectivity index (χ4n) is 1.90. The van der Waals surface area contributed by atoms with Crippen molar-refractivity contribution in [3.63, 3.8) is 0 Å². The Hall–Kier alpha value is -2.14. The maximum absolute atomic E-state index is 9.48. The molecule has 0 bridgehead atoms. The van der Waals surface area contributed by atoms with Gasteiger partial charge in [0.2, 0.25) is 0 Å². The zero-order valence-corrected chi connectivity index (χ0v) is 11.2. The molecule has 0 atom stereocenters. The predicted molar refractivity (Wildman–Crippen MR) is 78.2 cm³/mol. The van der Waals surface area contributed by atoms with Crippen LogP contribution in [0.2, 0.25) is 0 Å². The molecule has 19 heavy (non-hydrogen) atoms. The number of aryl methyl sites for hydroxylation is 1. The molecule has 0 saturated heterocycles. The molecule has 0 amide bonds. The predicted octanol–water partition coefficient (Wildman–Crippen LogP) is 3.70. The van der Waals surface area contributed by atoms with E-state index in [9.17, 15) is 5.11 Å². The van der Waals surface area contributed by atoms with Crippen molar-refractivity contribution in [3.8, 4) is 5.75 Å². The molecule has 0 radical (unpaired) electrons. The number of anilines is 2. The van der Waals surface area contributed by atoms with E-state index >= 15 is 0 Å². The van der Waals surface area contributed by atoms with Gasteiger partial charge in [-0.25, -0.2) is 9.97 Å². The minimum absolute atomic E-state index is 0.231. The SMILES string of the molecule is CCc1cc2c(Nc3cccc(O)c3)ncnc2s1. The molecule has 0 fully saturated rings. The maximum Gasteiger partial charge on any atom is 0.142 e. The Morgan fingerprint density at radius 3 is 2.95 bits per heavy atom. The Bertz CT molecular complexity index is 724. The van der Waals surface area contributed by atoms with Crippen molar-refractivity contribution < 1.29 is 5.11 Å². The number of phenols is 1. The van der Waals surface area contributed by atoms with Crippen LogP contribution in [-0.4, -0.2) is 15.1 Å². The third-order valence-electron chi connectivity index (χ3n) is 2.84. The van der Waals surface area contributed by atoms with E-state index in [1.165, 1.54) is 4.88 Å². The van der Waals surface area contributed by atoms with Crippen molar-refractivity contribution in [2.75, 3.05) is 5.32 Å². The number of nitrogens with zero attached hydrogens (tertiary/aromatic N) is 2. The van der Waals surface area contributed by atoms with Crippen LogP contribution in [-0.2, 0) is 6.42 Å². The summed E-state index contributed by atoms with van der Waals surface area (Å²) in [5, 5.41) is 13.7. The van der Waals surface area contributed by atoms with Crippen molar-refractivity contribution in [3.05, 3.63) is 41.5 Å². The van der Waals surface area contributed by atoms with Gasteiger partial charge in [0, 0.05) is 16.6 Å². The highest BCUT2D eigenvalue weighted by molar-refractivity contribution is 7.18. The van der Waals surface area contributed by atoms with E-state index in [2.05, 4.69) is 28.3 Å². The summed E-state index contributed by atoms with van der Waals surface area (Å²) in [4.78, 5) is 10.8. The summed E-state index contributed by atoms with van der Waals surface area (Å²) < 4.78 is 0. The highest BCUT2D eigenvalue weighted by Crippen LogP contribution is 2.30. The second kappa shape index (κ2) is 4.85. The molecular weight excluding hydrogens is 258 g/mol. The van der Waals surface area contributed by atoms with Gasteiger partial charge in [-0.1, -0.05) is 13.0 Å². The zero-order valence-electron chi connectivity index (χ0n) is 10.4. The second-order valence-corrected chi connectivity index (χ2v) is 5.30. The molecule has 3 rings (SSSR count). The standard InChI is InChI=1S/C14H13N3OS/c1-2-11-7-12-13(15-8-16-14(12)19-11)17-9-4-3-5-10(18)6-9/h3-8,18H,2H2,1H3,(H,15,16,17). The molecule has 5 heteroatoms. The van der Waals surface area contributed by atoms with E-state index in [4.69, 9.17) is 0 Å². The molecule has 0 aliphatic heterocycles. The summed E-state index contributed by atoms with van der Waals surface area (Å²) in [5.41, 5.74) is 0.809. The molecule has 0 saturated carbocycles. The first-order valence-electron chi connectivity index (χ1n) is 6.05. The van der Waals surface area contributed by atoms with Crippen LogP contribution in [0.15, 0.2) is 36.7 Å². The van der Waals surface area contributed by atoms with Crippen LogP contribution in [0.3, 0.4) is 0 Å². The number of nitrogens with one attached hydrogen (secondary N) is 1. The Labute approximate surface area is 114 Å². The lowest BCUT2D eigenvalue weighted by Crippen LogP contribution is -1.94. The van der Waals surface area contributed by atoms with Crippen LogP contribution in [0, 0.1) is 0 Å². The minimum Gasteiger partial charge on any atom is -0.508 e. The van der Waals surface area contributed by atoms with Crippen LogP contribution in [0.5, 0.6) is 5.75 Å². The van der Waals surface area contributed by atoms with Crippen molar-refractivity contribution in [1.82, 2.24) is 9.97 Å². The number of phenolic OH excluding ortho intramolecular Hbond substituents is 1. The molecule has 0 aliphatic rings. The molecule has 0 aliphatic carbocycles. The number of hydrogen-bond acceptors (Lipinski definition) is 5. The first kappa shape index (κ1) is 11.9. The molecule has 1 aromatic carbocycles. The van der Waals surface area contributed by atoms with E-state index in [0.29, 0.717) is 0 Å². The first-order valence-corrected chi connectivity index (χ1v) is 6.87. The molecule has 0 unspecified atom stereocenters. The monoisotopic (exact) mass is 271 g/mol. The summed E-state index contributed by atoms with van der Waals surface area (Å²) >= 11 is 1.68. The molecule has 96 valence electrons. The van der Waals surface area contributed by atoms with Gasteiger partial charge in [-0.3, -0.25) is 0 Å². The number of aromatic hydroxyl groups is 1. The zero-order chi connectivity index (χ0) is 13.2.